The van der Waals surface area contributed by atoms with Crippen LogP contribution in [0.15, 0.2) is 0 Å². The van der Waals surface area contributed by atoms with E-state index >= 15 is 0 Å². The zero-order valence-electron chi connectivity index (χ0n) is 11.2. The van der Waals surface area contributed by atoms with Crippen molar-refractivity contribution in [3.8, 4) is 0 Å². The van der Waals surface area contributed by atoms with Gasteiger partial charge in [-0.3, -0.25) is 9.59 Å². The molecule has 0 bridgehead atoms. The minimum atomic E-state index is -0.113. The van der Waals surface area contributed by atoms with Crippen LogP contribution in [0.25, 0.3) is 0 Å². The van der Waals surface area contributed by atoms with Gasteiger partial charge in [-0.05, 0) is 19.3 Å². The molecule has 1 saturated heterocycles. The molecule has 0 aliphatic carbocycles. The molecule has 1 heterocycles. The van der Waals surface area contributed by atoms with Crippen molar-refractivity contribution in [1.29, 1.82) is 0 Å². The number of nitrogens with zero attached hydrogens (tertiary/aromatic N) is 1. The summed E-state index contributed by atoms with van der Waals surface area (Å²) in [5.41, 5.74) is 0. The van der Waals surface area contributed by atoms with Gasteiger partial charge in [0.25, 0.3) is 0 Å². The molecule has 1 N–H and O–H groups in total. The van der Waals surface area contributed by atoms with Gasteiger partial charge in [0, 0.05) is 37.4 Å². The van der Waals surface area contributed by atoms with Crippen molar-refractivity contribution in [1.82, 2.24) is 10.2 Å². The number of halogens is 1. The lowest BCUT2D eigenvalue weighted by molar-refractivity contribution is -0.135. The number of carbonyl (C=O) groups is 2. The second-order valence-electron chi connectivity index (χ2n) is 4.97. The summed E-state index contributed by atoms with van der Waals surface area (Å²) in [5, 5.41) is 3.02. The van der Waals surface area contributed by atoms with Crippen LogP contribution in [0.1, 0.15) is 39.5 Å². The standard InChI is InChI=1S/C13H23ClN2O2/c1-3-4-12(17)15-11-5-7-16(8-6-11)13(18)10(2)9-14/h10-11H,3-9H2,1-2H3,(H,15,17). The van der Waals surface area contributed by atoms with Gasteiger partial charge in [-0.1, -0.05) is 13.8 Å². The van der Waals surface area contributed by atoms with Gasteiger partial charge < -0.3 is 10.2 Å². The second-order valence-corrected chi connectivity index (χ2v) is 5.28. The molecule has 0 spiro atoms. The summed E-state index contributed by atoms with van der Waals surface area (Å²) < 4.78 is 0. The van der Waals surface area contributed by atoms with Crippen molar-refractivity contribution in [3.05, 3.63) is 0 Å². The first-order valence-corrected chi connectivity index (χ1v) is 7.26. The Kier molecular flexibility index (Phi) is 6.47. The average Bonchev–Trinajstić information content (AvgIpc) is 2.38. The molecule has 0 saturated carbocycles. The van der Waals surface area contributed by atoms with Gasteiger partial charge in [-0.2, -0.15) is 0 Å². The predicted octanol–water partition coefficient (Wildman–Crippen LogP) is 1.77. The van der Waals surface area contributed by atoms with Crippen LogP contribution in [-0.2, 0) is 9.59 Å². The van der Waals surface area contributed by atoms with E-state index in [1.54, 1.807) is 0 Å². The van der Waals surface area contributed by atoms with Crippen LogP contribution in [0, 0.1) is 5.92 Å². The molecule has 104 valence electrons. The Hall–Kier alpha value is -0.770. The highest BCUT2D eigenvalue weighted by Crippen LogP contribution is 2.14. The molecule has 1 atom stereocenters. The van der Waals surface area contributed by atoms with Gasteiger partial charge in [-0.25, -0.2) is 0 Å². The fraction of sp³-hybridized carbons (Fsp3) is 0.846. The molecule has 5 heteroatoms. The number of piperidine rings is 1. The third-order valence-corrected chi connectivity index (χ3v) is 3.76. The Morgan fingerprint density at radius 1 is 1.39 bits per heavy atom. The van der Waals surface area contributed by atoms with Crippen LogP contribution in [-0.4, -0.2) is 41.7 Å². The number of carbonyl (C=O) groups excluding carboxylic acids is 2. The normalized spacial score (nSPS) is 18.5. The number of amides is 2. The van der Waals surface area contributed by atoms with Gasteiger partial charge >= 0.3 is 0 Å². The highest BCUT2D eigenvalue weighted by molar-refractivity contribution is 6.19. The second kappa shape index (κ2) is 7.62. The molecule has 0 radical (unpaired) electrons. The van der Waals surface area contributed by atoms with E-state index in [4.69, 9.17) is 11.6 Å². The van der Waals surface area contributed by atoms with Crippen molar-refractivity contribution >= 4 is 23.4 Å². The Labute approximate surface area is 114 Å². The quantitative estimate of drug-likeness (QED) is 0.777. The van der Waals surface area contributed by atoms with E-state index in [9.17, 15) is 9.59 Å². The number of likely N-dealkylation sites (tertiary alicyclic amines) is 1. The van der Waals surface area contributed by atoms with E-state index in [0.717, 1.165) is 32.4 Å². The first-order valence-electron chi connectivity index (χ1n) is 6.72. The van der Waals surface area contributed by atoms with E-state index in [2.05, 4.69) is 5.32 Å². The molecule has 1 aliphatic rings. The minimum Gasteiger partial charge on any atom is -0.353 e. The summed E-state index contributed by atoms with van der Waals surface area (Å²) >= 11 is 5.69. The van der Waals surface area contributed by atoms with Crippen molar-refractivity contribution in [2.24, 2.45) is 5.92 Å². The lowest BCUT2D eigenvalue weighted by Gasteiger charge is -2.33. The molecule has 0 aromatic heterocycles. The van der Waals surface area contributed by atoms with Crippen LogP contribution in [0.2, 0.25) is 0 Å². The van der Waals surface area contributed by atoms with Gasteiger partial charge in [0.15, 0.2) is 0 Å². The largest absolute Gasteiger partial charge is 0.353 e. The maximum absolute atomic E-state index is 11.9. The molecule has 1 fully saturated rings. The third-order valence-electron chi connectivity index (χ3n) is 3.30. The van der Waals surface area contributed by atoms with E-state index in [1.165, 1.54) is 0 Å². The fourth-order valence-corrected chi connectivity index (χ4v) is 2.28. The van der Waals surface area contributed by atoms with Gasteiger partial charge in [-0.15, -0.1) is 11.6 Å². The maximum atomic E-state index is 11.9. The van der Waals surface area contributed by atoms with Crippen LogP contribution >= 0.6 is 11.6 Å². The number of nitrogens with one attached hydrogen (secondary N) is 1. The summed E-state index contributed by atoms with van der Waals surface area (Å²) in [5.74, 6) is 0.504. The monoisotopic (exact) mass is 274 g/mol. The van der Waals surface area contributed by atoms with Crippen molar-refractivity contribution in [3.63, 3.8) is 0 Å². The van der Waals surface area contributed by atoms with Gasteiger partial charge in [0.05, 0.1) is 0 Å². The molecule has 1 rings (SSSR count). The highest BCUT2D eigenvalue weighted by Gasteiger charge is 2.26. The van der Waals surface area contributed by atoms with E-state index in [-0.39, 0.29) is 23.8 Å². The average molecular weight is 275 g/mol. The van der Waals surface area contributed by atoms with Crippen LogP contribution in [0.3, 0.4) is 0 Å². The predicted molar refractivity (Wildman–Crippen MR) is 72.5 cm³/mol. The SMILES string of the molecule is CCCC(=O)NC1CCN(C(=O)C(C)CCl)CC1. The van der Waals surface area contributed by atoms with E-state index in [1.807, 2.05) is 18.7 Å². The molecule has 2 amide bonds. The minimum absolute atomic E-state index is 0.113. The first-order chi connectivity index (χ1) is 8.58. The van der Waals surface area contributed by atoms with Crippen LogP contribution in [0.4, 0.5) is 0 Å². The Bertz CT molecular complexity index is 289. The van der Waals surface area contributed by atoms with Gasteiger partial charge in [0.2, 0.25) is 11.8 Å². The summed E-state index contributed by atoms with van der Waals surface area (Å²) in [7, 11) is 0. The summed E-state index contributed by atoms with van der Waals surface area (Å²) in [6, 6.07) is 0.222. The molecular weight excluding hydrogens is 252 g/mol. The Morgan fingerprint density at radius 2 is 2.00 bits per heavy atom. The van der Waals surface area contributed by atoms with Crippen molar-refractivity contribution < 1.29 is 9.59 Å². The Morgan fingerprint density at radius 3 is 2.50 bits per heavy atom. The first kappa shape index (κ1) is 15.3. The zero-order chi connectivity index (χ0) is 13.5. The third kappa shape index (κ3) is 4.48. The summed E-state index contributed by atoms with van der Waals surface area (Å²) in [6.45, 7) is 5.28. The molecule has 18 heavy (non-hydrogen) atoms. The lowest BCUT2D eigenvalue weighted by Crippen LogP contribution is -2.47. The lowest BCUT2D eigenvalue weighted by atomic mass is 10.0. The molecule has 0 aromatic rings. The van der Waals surface area contributed by atoms with Gasteiger partial charge in [0.1, 0.15) is 0 Å². The highest BCUT2D eigenvalue weighted by atomic mass is 35.5. The van der Waals surface area contributed by atoms with Crippen LogP contribution < -0.4 is 5.32 Å². The zero-order valence-corrected chi connectivity index (χ0v) is 12.0. The van der Waals surface area contributed by atoms with Crippen LogP contribution in [0.5, 0.6) is 0 Å². The fourth-order valence-electron chi connectivity index (χ4n) is 2.15. The molecule has 0 aromatic carbocycles. The molecule has 4 nitrogen and oxygen atoms in total. The topological polar surface area (TPSA) is 49.4 Å². The number of hydrogen-bond acceptors (Lipinski definition) is 2. The summed E-state index contributed by atoms with van der Waals surface area (Å²) in [4.78, 5) is 25.2. The molecule has 1 aliphatic heterocycles. The molecule has 1 unspecified atom stereocenters. The van der Waals surface area contributed by atoms with Crippen molar-refractivity contribution in [2.75, 3.05) is 19.0 Å². The molecular formula is C13H23ClN2O2. The smallest absolute Gasteiger partial charge is 0.226 e. The van der Waals surface area contributed by atoms with E-state index < -0.39 is 0 Å². The number of hydrogen-bond donors (Lipinski definition) is 1. The number of rotatable bonds is 5. The van der Waals surface area contributed by atoms with Crippen molar-refractivity contribution in [2.45, 2.75) is 45.6 Å². The maximum Gasteiger partial charge on any atom is 0.226 e. The van der Waals surface area contributed by atoms with E-state index in [0.29, 0.717) is 12.3 Å². The summed E-state index contributed by atoms with van der Waals surface area (Å²) in [6.07, 6.45) is 3.14. The number of alkyl halides is 1. The Balaban J connectivity index is 2.32.